The van der Waals surface area contributed by atoms with E-state index in [9.17, 15) is 14.4 Å². The molecule has 8 nitrogen and oxygen atoms in total. The molecule has 0 N–H and O–H groups in total. The average Bonchev–Trinajstić information content (AvgIpc) is 3.43. The van der Waals surface area contributed by atoms with E-state index < -0.39 is 5.92 Å². The highest BCUT2D eigenvalue weighted by molar-refractivity contribution is 5.86. The summed E-state index contributed by atoms with van der Waals surface area (Å²) < 4.78 is 6.66. The van der Waals surface area contributed by atoms with Crippen molar-refractivity contribution in [3.63, 3.8) is 0 Å². The Hall–Kier alpha value is -3.99. The van der Waals surface area contributed by atoms with E-state index in [-0.39, 0.29) is 23.9 Å². The molecule has 1 aliphatic rings. The van der Waals surface area contributed by atoms with Crippen LogP contribution in [0.25, 0.3) is 11.0 Å². The molecule has 3 aromatic rings. The van der Waals surface area contributed by atoms with Gasteiger partial charge in [0.2, 0.25) is 5.91 Å². The van der Waals surface area contributed by atoms with E-state index in [0.29, 0.717) is 41.7 Å². The molecule has 4 rings (SSSR count). The molecular weight excluding hydrogens is 456 g/mol. The van der Waals surface area contributed by atoms with Gasteiger partial charge in [0.1, 0.15) is 5.69 Å². The van der Waals surface area contributed by atoms with Crippen molar-refractivity contribution in [2.75, 3.05) is 19.7 Å². The first-order chi connectivity index (χ1) is 17.4. The highest BCUT2D eigenvalue weighted by Crippen LogP contribution is 2.28. The van der Waals surface area contributed by atoms with Crippen molar-refractivity contribution >= 4 is 22.9 Å². The molecule has 8 heteroatoms. The van der Waals surface area contributed by atoms with Crippen LogP contribution in [0.15, 0.2) is 47.3 Å². The molecule has 1 aliphatic heterocycles. The lowest BCUT2D eigenvalue weighted by molar-refractivity contribution is -0.143. The molecule has 0 spiro atoms. The predicted molar refractivity (Wildman–Crippen MR) is 135 cm³/mol. The summed E-state index contributed by atoms with van der Waals surface area (Å²) in [5.41, 5.74) is 3.70. The van der Waals surface area contributed by atoms with E-state index in [1.807, 2.05) is 35.2 Å². The molecule has 36 heavy (non-hydrogen) atoms. The van der Waals surface area contributed by atoms with Gasteiger partial charge in [0.15, 0.2) is 0 Å². The number of ether oxygens (including phenoxy) is 1. The topological polar surface area (TPSA) is 105 Å². The Labute approximate surface area is 210 Å². The number of rotatable bonds is 8. The Balaban J connectivity index is 1.69. The number of hydrogen-bond acceptors (Lipinski definition) is 6. The number of aromatic nitrogens is 2. The number of hydrogen-bond donors (Lipinski definition) is 0. The number of aryl methyl sites for hydroxylation is 1. The third-order valence-electron chi connectivity index (χ3n) is 6.68. The van der Waals surface area contributed by atoms with E-state index in [2.05, 4.69) is 11.1 Å². The molecule has 1 saturated heterocycles. The van der Waals surface area contributed by atoms with Gasteiger partial charge in [0, 0.05) is 33.0 Å². The van der Waals surface area contributed by atoms with Crippen molar-refractivity contribution in [2.24, 2.45) is 7.05 Å². The van der Waals surface area contributed by atoms with Crippen molar-refractivity contribution < 1.29 is 14.3 Å². The SMILES string of the molecule is CCOC(=O)CCC(C(=O)N1CCCC1)c1ccc2c(c1)nc(Cc1ccc(C#N)cc1)c(=O)n2C. The summed E-state index contributed by atoms with van der Waals surface area (Å²) in [5.74, 6) is -0.792. The molecule has 1 aromatic heterocycles. The van der Waals surface area contributed by atoms with Gasteiger partial charge in [0.05, 0.1) is 35.2 Å². The van der Waals surface area contributed by atoms with Crippen LogP contribution < -0.4 is 5.56 Å². The lowest BCUT2D eigenvalue weighted by Crippen LogP contribution is -2.33. The molecule has 1 amide bonds. The van der Waals surface area contributed by atoms with Gasteiger partial charge in [-0.2, -0.15) is 5.26 Å². The minimum atomic E-state index is -0.488. The maximum atomic E-state index is 13.4. The molecule has 0 bridgehead atoms. The average molecular weight is 487 g/mol. The Morgan fingerprint density at radius 1 is 1.14 bits per heavy atom. The number of fused-ring (bicyclic) bond motifs is 1. The number of esters is 1. The van der Waals surface area contributed by atoms with Crippen LogP contribution in [0.1, 0.15) is 60.9 Å². The van der Waals surface area contributed by atoms with Gasteiger partial charge in [0.25, 0.3) is 5.56 Å². The number of carbonyl (C=O) groups excluding carboxylic acids is 2. The third kappa shape index (κ3) is 5.46. The number of benzene rings is 2. The largest absolute Gasteiger partial charge is 0.466 e. The second-order valence-electron chi connectivity index (χ2n) is 9.08. The zero-order valence-electron chi connectivity index (χ0n) is 20.7. The summed E-state index contributed by atoms with van der Waals surface area (Å²) in [6.07, 6.45) is 2.80. The number of carbonyl (C=O) groups is 2. The molecule has 2 aromatic carbocycles. The van der Waals surface area contributed by atoms with Crippen LogP contribution in [0.5, 0.6) is 0 Å². The maximum Gasteiger partial charge on any atom is 0.305 e. The van der Waals surface area contributed by atoms with Gasteiger partial charge in [-0.25, -0.2) is 4.98 Å². The van der Waals surface area contributed by atoms with E-state index in [4.69, 9.17) is 10.00 Å². The van der Waals surface area contributed by atoms with Gasteiger partial charge in [-0.15, -0.1) is 0 Å². The molecule has 0 radical (unpaired) electrons. The number of likely N-dealkylation sites (tertiary alicyclic amines) is 1. The second-order valence-corrected chi connectivity index (χ2v) is 9.08. The molecule has 1 unspecified atom stereocenters. The molecule has 2 heterocycles. The number of nitriles is 1. The molecule has 0 aliphatic carbocycles. The number of amides is 1. The quantitative estimate of drug-likeness (QED) is 0.452. The van der Waals surface area contributed by atoms with Gasteiger partial charge < -0.3 is 14.2 Å². The van der Waals surface area contributed by atoms with Crippen molar-refractivity contribution in [1.82, 2.24) is 14.5 Å². The summed E-state index contributed by atoms with van der Waals surface area (Å²) >= 11 is 0. The summed E-state index contributed by atoms with van der Waals surface area (Å²) in [7, 11) is 1.71. The van der Waals surface area contributed by atoms with E-state index >= 15 is 0 Å². The van der Waals surface area contributed by atoms with Crippen molar-refractivity contribution in [3.8, 4) is 6.07 Å². The Morgan fingerprint density at radius 2 is 1.86 bits per heavy atom. The van der Waals surface area contributed by atoms with Crippen LogP contribution >= 0.6 is 0 Å². The first-order valence-electron chi connectivity index (χ1n) is 12.3. The Morgan fingerprint density at radius 3 is 2.53 bits per heavy atom. The zero-order chi connectivity index (χ0) is 25.7. The van der Waals surface area contributed by atoms with E-state index in [0.717, 1.165) is 37.1 Å². The Bertz CT molecular complexity index is 1370. The second kappa shape index (κ2) is 11.2. The van der Waals surface area contributed by atoms with Crippen molar-refractivity contribution in [2.45, 2.75) is 44.9 Å². The van der Waals surface area contributed by atoms with Crippen LogP contribution in [-0.2, 0) is 27.8 Å². The molecular formula is C28H30N4O4. The van der Waals surface area contributed by atoms with Crippen LogP contribution in [0.4, 0.5) is 0 Å². The highest BCUT2D eigenvalue weighted by atomic mass is 16.5. The first-order valence-corrected chi connectivity index (χ1v) is 12.3. The van der Waals surface area contributed by atoms with Crippen LogP contribution in [-0.4, -0.2) is 46.0 Å². The summed E-state index contributed by atoms with van der Waals surface area (Å²) in [4.78, 5) is 45.0. The van der Waals surface area contributed by atoms with Gasteiger partial charge in [-0.05, 0) is 61.6 Å². The minimum absolute atomic E-state index is 0.0128. The lowest BCUT2D eigenvalue weighted by Gasteiger charge is -2.24. The fourth-order valence-corrected chi connectivity index (χ4v) is 4.72. The van der Waals surface area contributed by atoms with Crippen LogP contribution in [0, 0.1) is 11.3 Å². The highest BCUT2D eigenvalue weighted by Gasteiger charge is 2.29. The Kier molecular flexibility index (Phi) is 7.79. The zero-order valence-corrected chi connectivity index (χ0v) is 20.7. The lowest BCUT2D eigenvalue weighted by atomic mass is 9.92. The summed E-state index contributed by atoms with van der Waals surface area (Å²) in [6.45, 7) is 3.52. The predicted octanol–water partition coefficient (Wildman–Crippen LogP) is 3.45. The monoisotopic (exact) mass is 486 g/mol. The van der Waals surface area contributed by atoms with Gasteiger partial charge >= 0.3 is 5.97 Å². The number of nitrogens with zero attached hydrogens (tertiary/aromatic N) is 4. The smallest absolute Gasteiger partial charge is 0.305 e. The molecule has 186 valence electrons. The first kappa shape index (κ1) is 25.1. The molecule has 0 saturated carbocycles. The fraction of sp³-hybridized carbons (Fsp3) is 0.393. The summed E-state index contributed by atoms with van der Waals surface area (Å²) in [5, 5.41) is 9.02. The van der Waals surface area contributed by atoms with Gasteiger partial charge in [-0.3, -0.25) is 14.4 Å². The minimum Gasteiger partial charge on any atom is -0.466 e. The van der Waals surface area contributed by atoms with E-state index in [1.54, 1.807) is 30.7 Å². The molecule has 1 atom stereocenters. The normalized spacial score (nSPS) is 14.0. The molecule has 1 fully saturated rings. The standard InChI is InChI=1S/C28H30N4O4/c1-3-36-26(33)13-11-22(27(34)32-14-4-5-15-32)21-10-12-25-23(17-21)30-24(28(35)31(25)2)16-19-6-8-20(18-29)9-7-19/h6-10,12,17,22H,3-5,11,13-16H2,1-2H3. The van der Waals surface area contributed by atoms with E-state index in [1.165, 1.54) is 0 Å². The maximum absolute atomic E-state index is 13.4. The van der Waals surface area contributed by atoms with Crippen LogP contribution in [0.3, 0.4) is 0 Å². The fourth-order valence-electron chi connectivity index (χ4n) is 4.72. The summed E-state index contributed by atoms with van der Waals surface area (Å²) in [6, 6.07) is 14.7. The van der Waals surface area contributed by atoms with Crippen molar-refractivity contribution in [3.05, 3.63) is 75.2 Å². The van der Waals surface area contributed by atoms with Crippen molar-refractivity contribution in [1.29, 1.82) is 5.26 Å². The third-order valence-corrected chi connectivity index (χ3v) is 6.68. The van der Waals surface area contributed by atoms with Crippen LogP contribution in [0.2, 0.25) is 0 Å². The van der Waals surface area contributed by atoms with Gasteiger partial charge in [-0.1, -0.05) is 18.2 Å².